The summed E-state index contributed by atoms with van der Waals surface area (Å²) in [4.78, 5) is 27.7. The van der Waals surface area contributed by atoms with E-state index in [2.05, 4.69) is 5.32 Å². The van der Waals surface area contributed by atoms with Crippen molar-refractivity contribution in [3.8, 4) is 0 Å². The molecule has 1 heterocycles. The lowest BCUT2D eigenvalue weighted by Gasteiger charge is -2.15. The van der Waals surface area contributed by atoms with E-state index in [1.54, 1.807) is 6.07 Å². The minimum Gasteiger partial charge on any atom is -0.350 e. The van der Waals surface area contributed by atoms with Gasteiger partial charge < -0.3 is 5.32 Å². The maximum Gasteiger partial charge on any atom is 0.282 e. The molecule has 150 valence electrons. The largest absolute Gasteiger partial charge is 0.350 e. The zero-order valence-corrected chi connectivity index (χ0v) is 17.0. The highest BCUT2D eigenvalue weighted by Crippen LogP contribution is 2.34. The molecule has 3 aromatic rings. The van der Waals surface area contributed by atoms with Crippen molar-refractivity contribution in [2.75, 3.05) is 10.2 Å². The lowest BCUT2D eigenvalue weighted by molar-refractivity contribution is -0.120. The monoisotopic (exact) mass is 400 g/mol. The Morgan fingerprint density at radius 2 is 1.53 bits per heavy atom. The summed E-state index contributed by atoms with van der Waals surface area (Å²) < 4.78 is 13.8. The number of imide groups is 1. The number of hydrogen-bond acceptors (Lipinski definition) is 3. The molecular weight excluding hydrogens is 379 g/mol. The molecule has 0 fully saturated rings. The van der Waals surface area contributed by atoms with Crippen LogP contribution in [0.3, 0.4) is 0 Å². The van der Waals surface area contributed by atoms with E-state index in [4.69, 9.17) is 0 Å². The van der Waals surface area contributed by atoms with Crippen molar-refractivity contribution in [3.63, 3.8) is 0 Å². The molecular formula is C25H21FN2O2. The predicted octanol–water partition coefficient (Wildman–Crippen LogP) is 5.15. The van der Waals surface area contributed by atoms with Crippen LogP contribution in [0.5, 0.6) is 0 Å². The Morgan fingerprint density at radius 3 is 2.20 bits per heavy atom. The van der Waals surface area contributed by atoms with Crippen LogP contribution in [-0.2, 0) is 9.59 Å². The number of anilines is 2. The van der Waals surface area contributed by atoms with Gasteiger partial charge in [-0.05, 0) is 67.8 Å². The van der Waals surface area contributed by atoms with Crippen molar-refractivity contribution < 1.29 is 14.0 Å². The van der Waals surface area contributed by atoms with Crippen molar-refractivity contribution in [2.45, 2.75) is 20.8 Å². The fourth-order valence-corrected chi connectivity index (χ4v) is 3.44. The highest BCUT2D eigenvalue weighted by Gasteiger charge is 2.40. The van der Waals surface area contributed by atoms with Gasteiger partial charge in [-0.15, -0.1) is 0 Å². The number of carbonyl (C=O) groups is 2. The second-order valence-electron chi connectivity index (χ2n) is 7.47. The zero-order valence-electron chi connectivity index (χ0n) is 17.0. The third kappa shape index (κ3) is 3.50. The second kappa shape index (κ2) is 7.59. The Morgan fingerprint density at radius 1 is 0.800 bits per heavy atom. The van der Waals surface area contributed by atoms with E-state index in [1.165, 1.54) is 18.2 Å². The van der Waals surface area contributed by atoms with E-state index in [9.17, 15) is 14.0 Å². The first-order valence-corrected chi connectivity index (χ1v) is 9.65. The van der Waals surface area contributed by atoms with Crippen LogP contribution in [0.2, 0.25) is 0 Å². The first kappa shape index (κ1) is 19.6. The quantitative estimate of drug-likeness (QED) is 0.617. The molecule has 0 radical (unpaired) electrons. The van der Waals surface area contributed by atoms with Crippen LogP contribution >= 0.6 is 0 Å². The van der Waals surface area contributed by atoms with Crippen LogP contribution in [0.15, 0.2) is 72.4 Å². The van der Waals surface area contributed by atoms with Gasteiger partial charge in [0.15, 0.2) is 0 Å². The molecule has 0 atom stereocenters. The summed E-state index contributed by atoms with van der Waals surface area (Å²) in [5, 5.41) is 3.12. The molecule has 30 heavy (non-hydrogen) atoms. The molecule has 0 unspecified atom stereocenters. The minimum absolute atomic E-state index is 0.177. The number of rotatable bonds is 4. The average molecular weight is 400 g/mol. The molecule has 2 amide bonds. The molecule has 1 N–H and O–H groups in total. The van der Waals surface area contributed by atoms with Crippen LogP contribution < -0.4 is 10.2 Å². The van der Waals surface area contributed by atoms with Crippen molar-refractivity contribution in [1.82, 2.24) is 0 Å². The van der Waals surface area contributed by atoms with Gasteiger partial charge in [-0.3, -0.25) is 9.59 Å². The lowest BCUT2D eigenvalue weighted by atomic mass is 9.99. The van der Waals surface area contributed by atoms with Crippen molar-refractivity contribution in [2.24, 2.45) is 0 Å². The number of carbonyl (C=O) groups excluding carboxylic acids is 2. The number of halogens is 1. The van der Waals surface area contributed by atoms with E-state index in [1.807, 2.05) is 63.2 Å². The lowest BCUT2D eigenvalue weighted by Crippen LogP contribution is -2.32. The Hall–Kier alpha value is -3.73. The maximum absolute atomic E-state index is 13.8. The molecule has 3 aromatic carbocycles. The molecule has 0 aromatic heterocycles. The SMILES string of the molecule is Cc1ccc(NC2=C(c3ccc(C)c(C)c3)C(=O)N(c3cccc(F)c3)C2=O)cc1. The number of nitrogens with zero attached hydrogens (tertiary/aromatic N) is 1. The number of aryl methyl sites for hydroxylation is 3. The standard InChI is InChI=1S/C25H21FN2O2/c1-15-7-11-20(12-8-15)27-23-22(18-10-9-16(2)17(3)13-18)24(29)28(25(23)30)21-6-4-5-19(26)14-21/h4-14,27H,1-3H3. The minimum atomic E-state index is -0.514. The fraction of sp³-hybridized carbons (Fsp3) is 0.120. The number of nitrogens with one attached hydrogen (secondary N) is 1. The van der Waals surface area contributed by atoms with Crippen molar-refractivity contribution >= 4 is 28.8 Å². The summed E-state index contributed by atoms with van der Waals surface area (Å²) in [5.41, 5.74) is 5.17. The van der Waals surface area contributed by atoms with Gasteiger partial charge in [-0.2, -0.15) is 0 Å². The normalized spacial score (nSPS) is 13.9. The summed E-state index contributed by atoms with van der Waals surface area (Å²) in [6.45, 7) is 5.91. The Labute approximate surface area is 174 Å². The molecule has 0 saturated carbocycles. The first-order valence-electron chi connectivity index (χ1n) is 9.65. The van der Waals surface area contributed by atoms with Crippen molar-refractivity contribution in [3.05, 3.63) is 100 Å². The third-order valence-electron chi connectivity index (χ3n) is 5.27. The summed E-state index contributed by atoms with van der Waals surface area (Å²) in [7, 11) is 0. The van der Waals surface area contributed by atoms with Gasteiger partial charge in [0.1, 0.15) is 11.5 Å². The number of benzene rings is 3. The Balaban J connectivity index is 1.84. The van der Waals surface area contributed by atoms with Gasteiger partial charge in [-0.1, -0.05) is 42.0 Å². The summed E-state index contributed by atoms with van der Waals surface area (Å²) in [6, 6.07) is 18.7. The van der Waals surface area contributed by atoms with E-state index in [-0.39, 0.29) is 17.0 Å². The highest BCUT2D eigenvalue weighted by molar-refractivity contribution is 6.46. The molecule has 5 heteroatoms. The van der Waals surface area contributed by atoms with Gasteiger partial charge in [0.05, 0.1) is 11.3 Å². The summed E-state index contributed by atoms with van der Waals surface area (Å²) in [5.74, 6) is -1.51. The highest BCUT2D eigenvalue weighted by atomic mass is 19.1. The molecule has 1 aliphatic heterocycles. The van der Waals surface area contributed by atoms with Crippen LogP contribution in [-0.4, -0.2) is 11.8 Å². The molecule has 0 spiro atoms. The van der Waals surface area contributed by atoms with Crippen LogP contribution in [0.1, 0.15) is 22.3 Å². The topological polar surface area (TPSA) is 49.4 Å². The molecule has 0 bridgehead atoms. The first-order chi connectivity index (χ1) is 14.3. The number of hydrogen-bond donors (Lipinski definition) is 1. The van der Waals surface area contributed by atoms with E-state index in [0.29, 0.717) is 11.3 Å². The molecule has 4 rings (SSSR count). The molecule has 4 nitrogen and oxygen atoms in total. The molecule has 0 saturated heterocycles. The van der Waals surface area contributed by atoms with Crippen LogP contribution in [0.25, 0.3) is 5.57 Å². The van der Waals surface area contributed by atoms with E-state index in [0.717, 1.165) is 21.6 Å². The van der Waals surface area contributed by atoms with E-state index < -0.39 is 17.6 Å². The second-order valence-corrected chi connectivity index (χ2v) is 7.47. The van der Waals surface area contributed by atoms with Gasteiger partial charge >= 0.3 is 0 Å². The Kier molecular flexibility index (Phi) is 4.96. The van der Waals surface area contributed by atoms with Crippen LogP contribution in [0.4, 0.5) is 15.8 Å². The third-order valence-corrected chi connectivity index (χ3v) is 5.27. The smallest absolute Gasteiger partial charge is 0.282 e. The molecule has 0 aliphatic carbocycles. The van der Waals surface area contributed by atoms with Gasteiger partial charge in [0.2, 0.25) is 0 Å². The zero-order chi connectivity index (χ0) is 21.4. The van der Waals surface area contributed by atoms with Gasteiger partial charge in [0.25, 0.3) is 11.8 Å². The predicted molar refractivity (Wildman–Crippen MR) is 117 cm³/mol. The van der Waals surface area contributed by atoms with Gasteiger partial charge in [-0.25, -0.2) is 9.29 Å². The molecule has 1 aliphatic rings. The van der Waals surface area contributed by atoms with Gasteiger partial charge in [0, 0.05) is 5.69 Å². The number of amides is 2. The summed E-state index contributed by atoms with van der Waals surface area (Å²) in [6.07, 6.45) is 0. The Bertz CT molecular complexity index is 1200. The van der Waals surface area contributed by atoms with Crippen molar-refractivity contribution in [1.29, 1.82) is 0 Å². The summed E-state index contributed by atoms with van der Waals surface area (Å²) >= 11 is 0. The average Bonchev–Trinajstić information content (AvgIpc) is 2.95. The fourth-order valence-electron chi connectivity index (χ4n) is 3.44. The maximum atomic E-state index is 13.8. The van der Waals surface area contributed by atoms with E-state index >= 15 is 0 Å². The van der Waals surface area contributed by atoms with Crippen LogP contribution in [0, 0.1) is 26.6 Å².